The van der Waals surface area contributed by atoms with Crippen LogP contribution in [0.5, 0.6) is 0 Å². The van der Waals surface area contributed by atoms with Crippen molar-refractivity contribution in [3.8, 4) is 0 Å². The summed E-state index contributed by atoms with van der Waals surface area (Å²) in [6.45, 7) is 3.29. The van der Waals surface area contributed by atoms with Crippen molar-refractivity contribution in [2.24, 2.45) is 0 Å². The predicted octanol–water partition coefficient (Wildman–Crippen LogP) is 4.27. The Morgan fingerprint density at radius 1 is 1.56 bits per heavy atom. The van der Waals surface area contributed by atoms with Gasteiger partial charge in [-0.25, -0.2) is 0 Å². The van der Waals surface area contributed by atoms with Crippen LogP contribution in [0.25, 0.3) is 0 Å². The highest BCUT2D eigenvalue weighted by atomic mass is 79.9. The summed E-state index contributed by atoms with van der Waals surface area (Å²) in [6.07, 6.45) is 4.14. The van der Waals surface area contributed by atoms with E-state index in [9.17, 15) is 0 Å². The lowest BCUT2D eigenvalue weighted by Gasteiger charge is -2.19. The van der Waals surface area contributed by atoms with E-state index in [1.165, 1.54) is 34.4 Å². The molecular weight excluding hydrogens is 302 g/mol. The minimum absolute atomic E-state index is 0.728. The van der Waals surface area contributed by atoms with Gasteiger partial charge in [-0.1, -0.05) is 13.3 Å². The number of halogens is 1. The molecule has 2 atom stereocenters. The van der Waals surface area contributed by atoms with Crippen molar-refractivity contribution in [1.82, 2.24) is 5.32 Å². The number of nitrogens with one attached hydrogen (secondary N) is 1. The second-order valence-corrected chi connectivity index (χ2v) is 7.57. The lowest BCUT2D eigenvalue weighted by molar-refractivity contribution is 0.535. The Kier molecular flexibility index (Phi) is 5.20. The van der Waals surface area contributed by atoms with Gasteiger partial charge in [0.05, 0.1) is 0 Å². The summed E-state index contributed by atoms with van der Waals surface area (Å²) < 4.78 is 1.21. The van der Waals surface area contributed by atoms with Gasteiger partial charge in [-0.2, -0.15) is 11.8 Å². The fourth-order valence-electron chi connectivity index (χ4n) is 2.25. The van der Waals surface area contributed by atoms with E-state index in [1.807, 2.05) is 11.3 Å². The van der Waals surface area contributed by atoms with Crippen molar-refractivity contribution in [3.05, 3.63) is 20.8 Å². The Morgan fingerprint density at radius 2 is 2.44 bits per heavy atom. The highest BCUT2D eigenvalue weighted by Crippen LogP contribution is 2.30. The van der Waals surface area contributed by atoms with Gasteiger partial charge in [0.25, 0.3) is 0 Å². The van der Waals surface area contributed by atoms with E-state index in [1.54, 1.807) is 0 Å². The van der Waals surface area contributed by atoms with Crippen LogP contribution in [0.2, 0.25) is 0 Å². The smallest absolute Gasteiger partial charge is 0.0303 e. The van der Waals surface area contributed by atoms with Crippen LogP contribution in [0.4, 0.5) is 0 Å². The summed E-state index contributed by atoms with van der Waals surface area (Å²) in [5.41, 5.74) is 0. The molecule has 2 rings (SSSR count). The van der Waals surface area contributed by atoms with E-state index in [0.717, 1.165) is 17.8 Å². The van der Waals surface area contributed by atoms with Crippen LogP contribution in [-0.2, 0) is 6.54 Å². The van der Waals surface area contributed by atoms with E-state index in [0.29, 0.717) is 0 Å². The molecule has 0 saturated heterocycles. The van der Waals surface area contributed by atoms with Crippen LogP contribution in [0.1, 0.15) is 31.1 Å². The minimum atomic E-state index is 0.728. The monoisotopic (exact) mass is 319 g/mol. The average molecular weight is 320 g/mol. The Hall–Kier alpha value is 0.490. The van der Waals surface area contributed by atoms with E-state index in [-0.39, 0.29) is 0 Å². The first-order valence-corrected chi connectivity index (χ1v) is 8.59. The van der Waals surface area contributed by atoms with E-state index < -0.39 is 0 Å². The quantitative estimate of drug-likeness (QED) is 0.869. The van der Waals surface area contributed by atoms with E-state index >= 15 is 0 Å². The predicted molar refractivity (Wildman–Crippen MR) is 78.4 cm³/mol. The summed E-state index contributed by atoms with van der Waals surface area (Å²) in [7, 11) is 0. The molecule has 0 amide bonds. The van der Waals surface area contributed by atoms with E-state index in [4.69, 9.17) is 0 Å². The van der Waals surface area contributed by atoms with Gasteiger partial charge >= 0.3 is 0 Å². The molecule has 0 aliphatic heterocycles. The van der Waals surface area contributed by atoms with Gasteiger partial charge in [0.1, 0.15) is 0 Å². The SMILES string of the molecule is CCSC1CCCC1NCc1cc(Br)cs1. The normalized spacial score (nSPS) is 25.1. The first-order valence-electron chi connectivity index (χ1n) is 5.87. The average Bonchev–Trinajstić information content (AvgIpc) is 2.85. The lowest BCUT2D eigenvalue weighted by Crippen LogP contribution is -2.33. The van der Waals surface area contributed by atoms with Crippen LogP contribution >= 0.6 is 39.0 Å². The molecule has 2 unspecified atom stereocenters. The van der Waals surface area contributed by atoms with Gasteiger partial charge in [0.15, 0.2) is 0 Å². The molecule has 1 heterocycles. The summed E-state index contributed by atoms with van der Waals surface area (Å²) in [5, 5.41) is 6.71. The molecule has 0 bridgehead atoms. The number of hydrogen-bond acceptors (Lipinski definition) is 3. The third-order valence-corrected chi connectivity index (χ3v) is 6.02. The standard InChI is InChI=1S/C12H18BrNS2/c1-2-15-12-5-3-4-11(12)14-7-10-6-9(13)8-16-10/h6,8,11-12,14H,2-5,7H2,1H3. The second-order valence-electron chi connectivity index (χ2n) is 4.14. The molecule has 0 spiro atoms. The molecule has 1 saturated carbocycles. The third kappa shape index (κ3) is 3.49. The number of hydrogen-bond donors (Lipinski definition) is 1. The Morgan fingerprint density at radius 3 is 3.12 bits per heavy atom. The third-order valence-electron chi connectivity index (χ3n) is 2.99. The molecule has 16 heavy (non-hydrogen) atoms. The minimum Gasteiger partial charge on any atom is -0.308 e. The van der Waals surface area contributed by atoms with Crippen molar-refractivity contribution in [3.63, 3.8) is 0 Å². The van der Waals surface area contributed by atoms with E-state index in [2.05, 4.69) is 51.4 Å². The second kappa shape index (κ2) is 6.43. The molecule has 0 aromatic carbocycles. The van der Waals surface area contributed by atoms with Gasteiger partial charge in [0.2, 0.25) is 0 Å². The zero-order chi connectivity index (χ0) is 11.4. The first kappa shape index (κ1) is 12.9. The maximum Gasteiger partial charge on any atom is 0.0303 e. The van der Waals surface area contributed by atoms with Crippen LogP contribution in [0, 0.1) is 0 Å². The fraction of sp³-hybridized carbons (Fsp3) is 0.667. The summed E-state index contributed by atoms with van der Waals surface area (Å²) in [5.74, 6) is 1.24. The topological polar surface area (TPSA) is 12.0 Å². The maximum atomic E-state index is 3.71. The Labute approximate surface area is 115 Å². The first-order chi connectivity index (χ1) is 7.79. The summed E-state index contributed by atoms with van der Waals surface area (Å²) in [6, 6.07) is 2.94. The zero-order valence-electron chi connectivity index (χ0n) is 9.54. The van der Waals surface area contributed by atoms with Gasteiger partial charge in [-0.05, 0) is 40.6 Å². The number of thioether (sulfide) groups is 1. The zero-order valence-corrected chi connectivity index (χ0v) is 12.8. The molecule has 90 valence electrons. The van der Waals surface area contributed by atoms with Crippen molar-refractivity contribution < 1.29 is 0 Å². The highest BCUT2D eigenvalue weighted by molar-refractivity contribution is 9.10. The molecule has 1 nitrogen and oxygen atoms in total. The molecule has 1 aromatic heterocycles. The van der Waals surface area contributed by atoms with Gasteiger partial charge in [-0.3, -0.25) is 0 Å². The van der Waals surface area contributed by atoms with Gasteiger partial charge < -0.3 is 5.32 Å². The molecule has 0 radical (unpaired) electrons. The summed E-state index contributed by atoms with van der Waals surface area (Å²) in [4.78, 5) is 1.43. The van der Waals surface area contributed by atoms with Crippen LogP contribution in [-0.4, -0.2) is 17.0 Å². The Bertz CT molecular complexity index is 327. The Balaban J connectivity index is 1.80. The summed E-state index contributed by atoms with van der Waals surface area (Å²) >= 11 is 7.45. The molecule has 1 aliphatic rings. The lowest BCUT2D eigenvalue weighted by atomic mass is 10.2. The van der Waals surface area contributed by atoms with Crippen LogP contribution in [0.3, 0.4) is 0 Å². The molecular formula is C12H18BrNS2. The largest absolute Gasteiger partial charge is 0.308 e. The fourth-order valence-corrected chi connectivity index (χ4v) is 4.88. The highest BCUT2D eigenvalue weighted by Gasteiger charge is 2.26. The molecule has 1 fully saturated rings. The van der Waals surface area contributed by atoms with Gasteiger partial charge in [0, 0.05) is 32.6 Å². The van der Waals surface area contributed by atoms with Crippen molar-refractivity contribution in [2.45, 2.75) is 44.0 Å². The molecule has 1 aromatic rings. The van der Waals surface area contributed by atoms with Gasteiger partial charge in [-0.15, -0.1) is 11.3 Å². The molecule has 4 heteroatoms. The molecule has 1 aliphatic carbocycles. The van der Waals surface area contributed by atoms with Crippen LogP contribution < -0.4 is 5.32 Å². The van der Waals surface area contributed by atoms with Crippen LogP contribution in [0.15, 0.2) is 15.9 Å². The molecule has 1 N–H and O–H groups in total. The van der Waals surface area contributed by atoms with Crippen molar-refractivity contribution >= 4 is 39.0 Å². The maximum absolute atomic E-state index is 3.71. The van der Waals surface area contributed by atoms with Crippen molar-refractivity contribution in [2.75, 3.05) is 5.75 Å². The number of thiophene rings is 1. The van der Waals surface area contributed by atoms with Crippen molar-refractivity contribution in [1.29, 1.82) is 0 Å². The number of rotatable bonds is 5.